The van der Waals surface area contributed by atoms with Gasteiger partial charge in [-0.25, -0.2) is 13.8 Å². The molecule has 0 aliphatic rings. The number of hydrogen-bond donors (Lipinski definition) is 1. The van der Waals surface area contributed by atoms with Crippen LogP contribution >= 0.6 is 0 Å². The van der Waals surface area contributed by atoms with Gasteiger partial charge in [-0.2, -0.15) is 0 Å². The third-order valence-corrected chi connectivity index (χ3v) is 3.21. The maximum Gasteiger partial charge on any atom is 0.131 e. The average molecular weight is 279 g/mol. The Kier molecular flexibility index (Phi) is 4.84. The summed E-state index contributed by atoms with van der Waals surface area (Å²) in [5, 5.41) is 3.30. The van der Waals surface area contributed by atoms with Gasteiger partial charge in [-0.3, -0.25) is 0 Å². The maximum atomic E-state index is 13.7. The molecular formula is C15H19F2N3. The molecule has 20 heavy (non-hydrogen) atoms. The summed E-state index contributed by atoms with van der Waals surface area (Å²) in [6, 6.07) is 3.67. The van der Waals surface area contributed by atoms with E-state index in [1.165, 1.54) is 12.1 Å². The first-order valence-corrected chi connectivity index (χ1v) is 6.77. The van der Waals surface area contributed by atoms with E-state index in [0.717, 1.165) is 30.6 Å². The second kappa shape index (κ2) is 6.61. The van der Waals surface area contributed by atoms with Gasteiger partial charge in [0.05, 0.1) is 12.2 Å². The van der Waals surface area contributed by atoms with Crippen LogP contribution in [0.1, 0.15) is 30.4 Å². The van der Waals surface area contributed by atoms with Gasteiger partial charge < -0.3 is 9.88 Å². The van der Waals surface area contributed by atoms with E-state index in [9.17, 15) is 8.78 Å². The SMILES string of the molecule is CCCNCc1cnc(C)n1Cc1ccc(F)cc1F. The molecule has 0 saturated heterocycles. The standard InChI is InChI=1S/C15H19F2N3/c1-3-6-18-8-14-9-19-11(2)20(14)10-12-4-5-13(16)7-15(12)17/h4-5,7,9,18H,3,6,8,10H2,1-2H3. The molecule has 0 fully saturated rings. The lowest BCUT2D eigenvalue weighted by molar-refractivity contribution is 0.558. The van der Waals surface area contributed by atoms with E-state index in [0.29, 0.717) is 18.7 Å². The molecule has 1 aromatic carbocycles. The lowest BCUT2D eigenvalue weighted by atomic mass is 10.2. The second-order valence-electron chi connectivity index (χ2n) is 4.80. The summed E-state index contributed by atoms with van der Waals surface area (Å²) in [6.07, 6.45) is 2.85. The van der Waals surface area contributed by atoms with Crippen LogP contribution in [0.2, 0.25) is 0 Å². The van der Waals surface area contributed by atoms with Crippen LogP contribution in [0.5, 0.6) is 0 Å². The van der Waals surface area contributed by atoms with Gasteiger partial charge in [0, 0.05) is 24.4 Å². The molecule has 0 amide bonds. The van der Waals surface area contributed by atoms with Gasteiger partial charge in [0.15, 0.2) is 0 Å². The molecular weight excluding hydrogens is 260 g/mol. The van der Waals surface area contributed by atoms with Gasteiger partial charge >= 0.3 is 0 Å². The van der Waals surface area contributed by atoms with Crippen LogP contribution in [0.4, 0.5) is 8.78 Å². The summed E-state index contributed by atoms with van der Waals surface area (Å²) >= 11 is 0. The Labute approximate surface area is 117 Å². The number of hydrogen-bond acceptors (Lipinski definition) is 2. The van der Waals surface area contributed by atoms with Crippen molar-refractivity contribution in [2.24, 2.45) is 0 Å². The van der Waals surface area contributed by atoms with Gasteiger partial charge in [0.2, 0.25) is 0 Å². The van der Waals surface area contributed by atoms with E-state index in [1.54, 1.807) is 6.20 Å². The number of halogens is 2. The molecule has 3 nitrogen and oxygen atoms in total. The number of nitrogens with one attached hydrogen (secondary N) is 1. The van der Waals surface area contributed by atoms with Crippen molar-refractivity contribution in [3.63, 3.8) is 0 Å². The molecule has 2 rings (SSSR count). The second-order valence-corrected chi connectivity index (χ2v) is 4.80. The topological polar surface area (TPSA) is 29.9 Å². The van der Waals surface area contributed by atoms with Crippen molar-refractivity contribution in [3.8, 4) is 0 Å². The number of rotatable bonds is 6. The maximum absolute atomic E-state index is 13.7. The van der Waals surface area contributed by atoms with Crippen LogP contribution in [-0.4, -0.2) is 16.1 Å². The monoisotopic (exact) mass is 279 g/mol. The molecule has 0 saturated carbocycles. The Morgan fingerprint density at radius 2 is 2.10 bits per heavy atom. The minimum absolute atomic E-state index is 0.362. The summed E-state index contributed by atoms with van der Waals surface area (Å²) in [5.74, 6) is -0.258. The summed E-state index contributed by atoms with van der Waals surface area (Å²) in [4.78, 5) is 4.27. The minimum atomic E-state index is -0.557. The fourth-order valence-corrected chi connectivity index (χ4v) is 2.09. The quantitative estimate of drug-likeness (QED) is 0.824. The molecule has 0 radical (unpaired) electrons. The molecule has 108 valence electrons. The zero-order chi connectivity index (χ0) is 14.5. The largest absolute Gasteiger partial charge is 0.326 e. The smallest absolute Gasteiger partial charge is 0.131 e. The van der Waals surface area contributed by atoms with Crippen LogP contribution in [0.25, 0.3) is 0 Å². The summed E-state index contributed by atoms with van der Waals surface area (Å²) in [7, 11) is 0. The van der Waals surface area contributed by atoms with Crippen molar-refractivity contribution in [2.75, 3.05) is 6.54 Å². The van der Waals surface area contributed by atoms with E-state index >= 15 is 0 Å². The van der Waals surface area contributed by atoms with Crippen LogP contribution < -0.4 is 5.32 Å². The fraction of sp³-hybridized carbons (Fsp3) is 0.400. The lowest BCUT2D eigenvalue weighted by Crippen LogP contribution is -2.18. The summed E-state index contributed by atoms with van der Waals surface area (Å²) < 4.78 is 28.6. The molecule has 0 aliphatic carbocycles. The Hall–Kier alpha value is -1.75. The Balaban J connectivity index is 2.17. The van der Waals surface area contributed by atoms with Gasteiger partial charge in [0.25, 0.3) is 0 Å². The van der Waals surface area contributed by atoms with Crippen LogP contribution in [0.3, 0.4) is 0 Å². The molecule has 0 atom stereocenters. The summed E-state index contributed by atoms with van der Waals surface area (Å²) in [5.41, 5.74) is 1.46. The summed E-state index contributed by atoms with van der Waals surface area (Å²) in [6.45, 7) is 5.96. The number of aromatic nitrogens is 2. The van der Waals surface area contributed by atoms with Gasteiger partial charge in [0.1, 0.15) is 17.5 Å². The van der Waals surface area contributed by atoms with Crippen molar-refractivity contribution in [3.05, 3.63) is 53.1 Å². The molecule has 0 unspecified atom stereocenters. The molecule has 1 heterocycles. The highest BCUT2D eigenvalue weighted by Gasteiger charge is 2.10. The predicted octanol–water partition coefficient (Wildman–Crippen LogP) is 3.02. The van der Waals surface area contributed by atoms with E-state index < -0.39 is 11.6 Å². The zero-order valence-electron chi connectivity index (χ0n) is 11.8. The van der Waals surface area contributed by atoms with Crippen molar-refractivity contribution in [1.82, 2.24) is 14.9 Å². The number of nitrogens with zero attached hydrogens (tertiary/aromatic N) is 2. The van der Waals surface area contributed by atoms with E-state index in [1.807, 2.05) is 11.5 Å². The highest BCUT2D eigenvalue weighted by atomic mass is 19.1. The Morgan fingerprint density at radius 3 is 2.80 bits per heavy atom. The zero-order valence-corrected chi connectivity index (χ0v) is 11.8. The highest BCUT2D eigenvalue weighted by molar-refractivity contribution is 5.20. The van der Waals surface area contributed by atoms with Crippen molar-refractivity contribution in [2.45, 2.75) is 33.4 Å². The molecule has 1 N–H and O–H groups in total. The number of benzene rings is 1. The highest BCUT2D eigenvalue weighted by Crippen LogP contribution is 2.14. The first kappa shape index (κ1) is 14.7. The minimum Gasteiger partial charge on any atom is -0.326 e. The first-order chi connectivity index (χ1) is 9.61. The van der Waals surface area contributed by atoms with E-state index in [4.69, 9.17) is 0 Å². The Bertz CT molecular complexity index is 578. The molecule has 2 aromatic rings. The van der Waals surface area contributed by atoms with Crippen LogP contribution in [0.15, 0.2) is 24.4 Å². The normalized spacial score (nSPS) is 11.0. The molecule has 1 aromatic heterocycles. The fourth-order valence-electron chi connectivity index (χ4n) is 2.09. The van der Waals surface area contributed by atoms with Crippen molar-refractivity contribution < 1.29 is 8.78 Å². The number of imidazole rings is 1. The Morgan fingerprint density at radius 1 is 1.30 bits per heavy atom. The predicted molar refractivity (Wildman–Crippen MR) is 74.4 cm³/mol. The van der Waals surface area contributed by atoms with Crippen molar-refractivity contribution in [1.29, 1.82) is 0 Å². The third kappa shape index (κ3) is 3.42. The van der Waals surface area contributed by atoms with Crippen LogP contribution in [0, 0.1) is 18.6 Å². The molecule has 0 bridgehead atoms. The first-order valence-electron chi connectivity index (χ1n) is 6.77. The third-order valence-electron chi connectivity index (χ3n) is 3.21. The van der Waals surface area contributed by atoms with Gasteiger partial charge in [-0.15, -0.1) is 0 Å². The van der Waals surface area contributed by atoms with Gasteiger partial charge in [-0.05, 0) is 26.0 Å². The number of aryl methyl sites for hydroxylation is 1. The average Bonchev–Trinajstić information content (AvgIpc) is 2.75. The molecule has 5 heteroatoms. The molecule has 0 spiro atoms. The van der Waals surface area contributed by atoms with E-state index in [-0.39, 0.29) is 0 Å². The lowest BCUT2D eigenvalue weighted by Gasteiger charge is -2.12. The molecule has 0 aliphatic heterocycles. The van der Waals surface area contributed by atoms with Crippen molar-refractivity contribution >= 4 is 0 Å². The van der Waals surface area contributed by atoms with Crippen LogP contribution in [-0.2, 0) is 13.1 Å². The van der Waals surface area contributed by atoms with E-state index in [2.05, 4.69) is 17.2 Å². The van der Waals surface area contributed by atoms with Gasteiger partial charge in [-0.1, -0.05) is 13.0 Å².